The molecule has 0 atom stereocenters. The summed E-state index contributed by atoms with van der Waals surface area (Å²) in [4.78, 5) is 17.4. The molecule has 20 heavy (non-hydrogen) atoms. The summed E-state index contributed by atoms with van der Waals surface area (Å²) in [5, 5.41) is 6.58. The maximum absolute atomic E-state index is 12.4. The fourth-order valence-electron chi connectivity index (χ4n) is 2.22. The first kappa shape index (κ1) is 13.3. The Morgan fingerprint density at radius 2 is 2.20 bits per heavy atom. The van der Waals surface area contributed by atoms with Crippen molar-refractivity contribution in [1.29, 1.82) is 0 Å². The molecule has 3 rings (SSSR count). The summed E-state index contributed by atoms with van der Waals surface area (Å²) >= 11 is 2.99. The maximum Gasteiger partial charge on any atom is 0.267 e. The predicted molar refractivity (Wildman–Crippen MR) is 85.9 cm³/mol. The summed E-state index contributed by atoms with van der Waals surface area (Å²) in [6.07, 6.45) is 3.64. The van der Waals surface area contributed by atoms with E-state index >= 15 is 0 Å². The second kappa shape index (κ2) is 5.73. The monoisotopic (exact) mass is 302 g/mol. The largest absolute Gasteiger partial charge is 0.297 e. The van der Waals surface area contributed by atoms with Gasteiger partial charge in [-0.1, -0.05) is 31.5 Å². The van der Waals surface area contributed by atoms with Crippen molar-refractivity contribution in [3.63, 3.8) is 0 Å². The number of benzene rings is 1. The van der Waals surface area contributed by atoms with Crippen molar-refractivity contribution < 1.29 is 4.79 Å². The summed E-state index contributed by atoms with van der Waals surface area (Å²) in [5.74, 6) is -0.0513. The Balaban J connectivity index is 2.01. The van der Waals surface area contributed by atoms with E-state index in [-0.39, 0.29) is 5.91 Å². The average Bonchev–Trinajstić information content (AvgIpc) is 3.07. The number of rotatable bonds is 4. The minimum atomic E-state index is -0.0513. The molecule has 2 heterocycles. The Bertz CT molecular complexity index is 732. The van der Waals surface area contributed by atoms with E-state index in [1.807, 2.05) is 17.5 Å². The number of thiophene rings is 1. The van der Waals surface area contributed by atoms with Gasteiger partial charge in [-0.3, -0.25) is 10.1 Å². The normalized spacial score (nSPS) is 10.8. The Morgan fingerprint density at radius 3 is 2.95 bits per heavy atom. The highest BCUT2D eigenvalue weighted by molar-refractivity contribution is 7.21. The SMILES string of the molecule is CCCc1c(C(=O)Nc2nccs2)sc2ccccc12. The molecular formula is C15H14N2OS2. The van der Waals surface area contributed by atoms with Crippen LogP contribution in [0.4, 0.5) is 5.13 Å². The molecule has 1 amide bonds. The first-order valence-corrected chi connectivity index (χ1v) is 8.20. The molecule has 0 unspecified atom stereocenters. The van der Waals surface area contributed by atoms with Gasteiger partial charge in [0, 0.05) is 16.3 Å². The molecule has 1 N–H and O–H groups in total. The van der Waals surface area contributed by atoms with Crippen molar-refractivity contribution in [3.05, 3.63) is 46.3 Å². The molecule has 0 aliphatic carbocycles. The summed E-state index contributed by atoms with van der Waals surface area (Å²) in [6.45, 7) is 2.13. The number of carbonyl (C=O) groups excluding carboxylic acids is 1. The van der Waals surface area contributed by atoms with E-state index in [2.05, 4.69) is 29.4 Å². The zero-order valence-corrected chi connectivity index (χ0v) is 12.7. The Morgan fingerprint density at radius 1 is 1.35 bits per heavy atom. The number of anilines is 1. The Hall–Kier alpha value is -1.72. The number of aromatic nitrogens is 1. The highest BCUT2D eigenvalue weighted by Gasteiger charge is 2.18. The molecule has 0 aliphatic rings. The van der Waals surface area contributed by atoms with Gasteiger partial charge in [-0.15, -0.1) is 22.7 Å². The molecule has 0 saturated heterocycles. The third-order valence-electron chi connectivity index (χ3n) is 3.06. The zero-order chi connectivity index (χ0) is 13.9. The van der Waals surface area contributed by atoms with E-state index in [0.29, 0.717) is 5.13 Å². The van der Waals surface area contributed by atoms with Gasteiger partial charge in [-0.25, -0.2) is 4.98 Å². The van der Waals surface area contributed by atoms with Crippen LogP contribution in [-0.2, 0) is 6.42 Å². The second-order valence-corrected chi connectivity index (χ2v) is 6.39. The fourth-order valence-corrected chi connectivity index (χ4v) is 3.89. The molecule has 102 valence electrons. The van der Waals surface area contributed by atoms with Gasteiger partial charge in [0.05, 0.1) is 4.88 Å². The van der Waals surface area contributed by atoms with Crippen LogP contribution in [0.1, 0.15) is 28.6 Å². The summed E-state index contributed by atoms with van der Waals surface area (Å²) < 4.78 is 1.17. The number of fused-ring (bicyclic) bond motifs is 1. The Labute approximate surface area is 125 Å². The molecule has 0 fully saturated rings. The van der Waals surface area contributed by atoms with Crippen LogP contribution < -0.4 is 5.32 Å². The number of nitrogens with zero attached hydrogens (tertiary/aromatic N) is 1. The van der Waals surface area contributed by atoms with Crippen LogP contribution in [0, 0.1) is 0 Å². The molecule has 3 nitrogen and oxygen atoms in total. The van der Waals surface area contributed by atoms with E-state index in [1.54, 1.807) is 17.5 Å². The Kier molecular flexibility index (Phi) is 3.80. The third kappa shape index (κ3) is 2.46. The lowest BCUT2D eigenvalue weighted by Gasteiger charge is -2.03. The van der Waals surface area contributed by atoms with Gasteiger partial charge in [-0.2, -0.15) is 0 Å². The first-order chi connectivity index (χ1) is 9.79. The van der Waals surface area contributed by atoms with Gasteiger partial charge < -0.3 is 0 Å². The molecule has 0 aliphatic heterocycles. The molecule has 2 aromatic heterocycles. The van der Waals surface area contributed by atoms with Crippen LogP contribution >= 0.6 is 22.7 Å². The molecule has 3 aromatic rings. The summed E-state index contributed by atoms with van der Waals surface area (Å²) in [6, 6.07) is 8.20. The zero-order valence-electron chi connectivity index (χ0n) is 11.1. The summed E-state index contributed by atoms with van der Waals surface area (Å²) in [5.41, 5.74) is 1.15. The van der Waals surface area contributed by atoms with Crippen LogP contribution in [0.3, 0.4) is 0 Å². The van der Waals surface area contributed by atoms with Crippen LogP contribution in [0.25, 0.3) is 10.1 Å². The lowest BCUT2D eigenvalue weighted by molar-refractivity contribution is 0.103. The van der Waals surface area contributed by atoms with Crippen molar-refractivity contribution in [2.45, 2.75) is 19.8 Å². The van der Waals surface area contributed by atoms with Gasteiger partial charge in [0.15, 0.2) is 5.13 Å². The van der Waals surface area contributed by atoms with Gasteiger partial charge in [0.1, 0.15) is 0 Å². The predicted octanol–water partition coefficient (Wildman–Crippen LogP) is 4.56. The number of carbonyl (C=O) groups is 1. The number of aryl methyl sites for hydroxylation is 1. The molecule has 0 saturated carbocycles. The minimum absolute atomic E-state index is 0.0513. The average molecular weight is 302 g/mol. The summed E-state index contributed by atoms with van der Waals surface area (Å²) in [7, 11) is 0. The number of nitrogens with one attached hydrogen (secondary N) is 1. The van der Waals surface area contributed by atoms with Crippen molar-refractivity contribution >= 4 is 43.8 Å². The number of hydrogen-bond donors (Lipinski definition) is 1. The van der Waals surface area contributed by atoms with Crippen molar-refractivity contribution in [2.75, 3.05) is 5.32 Å². The molecule has 5 heteroatoms. The molecular weight excluding hydrogens is 288 g/mol. The molecule has 1 aromatic carbocycles. The highest BCUT2D eigenvalue weighted by Crippen LogP contribution is 2.32. The van der Waals surface area contributed by atoms with Gasteiger partial charge >= 0.3 is 0 Å². The van der Waals surface area contributed by atoms with Crippen molar-refractivity contribution in [2.24, 2.45) is 0 Å². The smallest absolute Gasteiger partial charge is 0.267 e. The quantitative estimate of drug-likeness (QED) is 0.767. The topological polar surface area (TPSA) is 42.0 Å². The highest BCUT2D eigenvalue weighted by atomic mass is 32.1. The van der Waals surface area contributed by atoms with Crippen LogP contribution in [0.5, 0.6) is 0 Å². The fraction of sp³-hybridized carbons (Fsp3) is 0.200. The van der Waals surface area contributed by atoms with Crippen molar-refractivity contribution in [3.8, 4) is 0 Å². The third-order valence-corrected chi connectivity index (χ3v) is 4.96. The van der Waals surface area contributed by atoms with E-state index in [9.17, 15) is 4.79 Å². The van der Waals surface area contributed by atoms with Gasteiger partial charge in [0.25, 0.3) is 5.91 Å². The van der Waals surface area contributed by atoms with E-state index < -0.39 is 0 Å². The van der Waals surface area contributed by atoms with Gasteiger partial charge in [-0.05, 0) is 23.4 Å². The lowest BCUT2D eigenvalue weighted by atomic mass is 10.1. The number of hydrogen-bond acceptors (Lipinski definition) is 4. The number of thiazole rings is 1. The molecule has 0 radical (unpaired) electrons. The molecule has 0 spiro atoms. The second-order valence-electron chi connectivity index (χ2n) is 4.45. The van der Waals surface area contributed by atoms with E-state index in [4.69, 9.17) is 0 Å². The lowest BCUT2D eigenvalue weighted by Crippen LogP contribution is -2.11. The van der Waals surface area contributed by atoms with Crippen molar-refractivity contribution in [1.82, 2.24) is 4.98 Å². The van der Waals surface area contributed by atoms with Crippen LogP contribution in [-0.4, -0.2) is 10.9 Å². The number of amides is 1. The van der Waals surface area contributed by atoms with E-state index in [0.717, 1.165) is 23.3 Å². The standard InChI is InChI=1S/C15H14N2OS2/c1-2-5-11-10-6-3-4-7-12(10)20-13(11)14(18)17-15-16-8-9-19-15/h3-4,6-9H,2,5H2,1H3,(H,16,17,18). The molecule has 0 bridgehead atoms. The minimum Gasteiger partial charge on any atom is -0.297 e. The van der Waals surface area contributed by atoms with Crippen LogP contribution in [0.15, 0.2) is 35.8 Å². The maximum atomic E-state index is 12.4. The van der Waals surface area contributed by atoms with Crippen LogP contribution in [0.2, 0.25) is 0 Å². The van der Waals surface area contributed by atoms with Gasteiger partial charge in [0.2, 0.25) is 0 Å². The first-order valence-electron chi connectivity index (χ1n) is 6.51. The van der Waals surface area contributed by atoms with E-state index in [1.165, 1.54) is 21.4 Å².